The first kappa shape index (κ1) is 37.5. The van der Waals surface area contributed by atoms with Gasteiger partial charge in [-0.25, -0.2) is 0 Å². The molecule has 2 aromatic carbocycles. The van der Waals surface area contributed by atoms with E-state index >= 15 is 0 Å². The molecule has 0 spiro atoms. The van der Waals surface area contributed by atoms with Crippen LogP contribution in [0.1, 0.15) is 76.8 Å². The molecule has 226 valence electrons. The van der Waals surface area contributed by atoms with Crippen molar-refractivity contribution in [3.05, 3.63) is 53.3 Å². The number of benzene rings is 2. The van der Waals surface area contributed by atoms with Crippen molar-refractivity contribution in [2.75, 3.05) is 31.8 Å². The molecule has 0 amide bonds. The molecule has 0 saturated carbocycles. The molecule has 0 aliphatic heterocycles. The molecule has 0 fully saturated rings. The number of ether oxygens (including phenoxy) is 3. The van der Waals surface area contributed by atoms with Gasteiger partial charge in [0.05, 0.1) is 34.2 Å². The molecule has 2 atom stereocenters. The minimum absolute atomic E-state index is 0.122. The molecule has 0 saturated heterocycles. The maximum Gasteiger partial charge on any atom is 0.147 e. The van der Waals surface area contributed by atoms with Gasteiger partial charge in [0.1, 0.15) is 24.7 Å². The van der Waals surface area contributed by atoms with Gasteiger partial charge in [-0.2, -0.15) is 0 Å². The molecule has 0 heterocycles. The molecule has 0 aliphatic carbocycles. The largest absolute Gasteiger partial charge is 0.490 e. The number of alkyl halides is 3. The maximum absolute atomic E-state index is 6.19. The van der Waals surface area contributed by atoms with Crippen LogP contribution in [0.2, 0.25) is 0 Å². The fourth-order valence-electron chi connectivity index (χ4n) is 4.10. The second-order valence-corrected chi connectivity index (χ2v) is 17.0. The van der Waals surface area contributed by atoms with Crippen LogP contribution in [-0.2, 0) is 10.2 Å². The summed E-state index contributed by atoms with van der Waals surface area (Å²) >= 11 is 25.7. The maximum atomic E-state index is 6.19. The van der Waals surface area contributed by atoms with Gasteiger partial charge >= 0.3 is 0 Å². The lowest BCUT2D eigenvalue weighted by molar-refractivity contribution is 0.121. The summed E-state index contributed by atoms with van der Waals surface area (Å²) in [6.45, 7) is 9.20. The van der Waals surface area contributed by atoms with Crippen molar-refractivity contribution in [2.24, 2.45) is 0 Å². The predicted molar refractivity (Wildman–Crippen MR) is 195 cm³/mol. The van der Waals surface area contributed by atoms with Crippen molar-refractivity contribution in [3.63, 3.8) is 0 Å². The van der Waals surface area contributed by atoms with Gasteiger partial charge in [0, 0.05) is 17.4 Å². The fourth-order valence-corrected chi connectivity index (χ4v) is 7.57. The second-order valence-electron chi connectivity index (χ2n) is 10.3. The Bertz CT molecular complexity index is 1000. The van der Waals surface area contributed by atoms with Crippen LogP contribution in [0.25, 0.3) is 0 Å². The van der Waals surface area contributed by atoms with Crippen molar-refractivity contribution < 1.29 is 14.2 Å². The van der Waals surface area contributed by atoms with Crippen molar-refractivity contribution in [3.8, 4) is 11.5 Å². The van der Waals surface area contributed by atoms with Gasteiger partial charge in [-0.15, -0.1) is 0 Å². The lowest BCUT2D eigenvalue weighted by Crippen LogP contribution is -2.20. The third-order valence-electron chi connectivity index (χ3n) is 6.62. The van der Waals surface area contributed by atoms with E-state index in [1.54, 1.807) is 0 Å². The van der Waals surface area contributed by atoms with E-state index in [1.165, 1.54) is 38.5 Å². The Kier molecular flexibility index (Phi) is 18.5. The lowest BCUT2D eigenvalue weighted by atomic mass is 9.78. The van der Waals surface area contributed by atoms with E-state index < -0.39 is 0 Å². The van der Waals surface area contributed by atoms with Crippen LogP contribution in [0.4, 0.5) is 0 Å². The molecule has 3 nitrogen and oxygen atoms in total. The zero-order chi connectivity index (χ0) is 29.7. The van der Waals surface area contributed by atoms with E-state index in [0.29, 0.717) is 19.8 Å². The van der Waals surface area contributed by atoms with Crippen LogP contribution in [0.15, 0.2) is 42.2 Å². The molecule has 10 heteroatoms. The van der Waals surface area contributed by atoms with Crippen LogP contribution in [0.5, 0.6) is 11.5 Å². The first-order valence-corrected chi connectivity index (χ1v) is 19.8. The van der Waals surface area contributed by atoms with Crippen molar-refractivity contribution in [2.45, 2.75) is 80.8 Å². The number of halogens is 7. The van der Waals surface area contributed by atoms with E-state index in [2.05, 4.69) is 157 Å². The molecule has 0 N–H and O–H groups in total. The van der Waals surface area contributed by atoms with E-state index in [0.717, 1.165) is 58.9 Å². The van der Waals surface area contributed by atoms with Crippen LogP contribution in [0, 0.1) is 0 Å². The van der Waals surface area contributed by atoms with E-state index in [9.17, 15) is 0 Å². The minimum Gasteiger partial charge on any atom is -0.490 e. The van der Waals surface area contributed by atoms with Gasteiger partial charge in [-0.05, 0) is 106 Å². The summed E-state index contributed by atoms with van der Waals surface area (Å²) in [5.41, 5.74) is 2.03. The van der Waals surface area contributed by atoms with Crippen molar-refractivity contribution >= 4 is 112 Å². The highest BCUT2D eigenvalue weighted by molar-refractivity contribution is 9.12. The van der Waals surface area contributed by atoms with Gasteiger partial charge in [-0.1, -0.05) is 107 Å². The highest BCUT2D eigenvalue weighted by Crippen LogP contribution is 2.44. The minimum atomic E-state index is -0.275. The Morgan fingerprint density at radius 2 is 1.07 bits per heavy atom. The number of unbranched alkanes of at least 4 members (excludes halogenated alkanes) is 6. The van der Waals surface area contributed by atoms with Crippen LogP contribution in [0.3, 0.4) is 0 Å². The average Bonchev–Trinajstić information content (AvgIpc) is 2.90. The van der Waals surface area contributed by atoms with Crippen LogP contribution >= 0.6 is 112 Å². The molecule has 40 heavy (non-hydrogen) atoms. The Morgan fingerprint density at radius 3 is 1.52 bits per heavy atom. The normalized spacial score (nSPS) is 13.3. The molecule has 0 aliphatic rings. The summed E-state index contributed by atoms with van der Waals surface area (Å²) < 4.78 is 21.7. The van der Waals surface area contributed by atoms with Crippen molar-refractivity contribution in [1.82, 2.24) is 0 Å². The van der Waals surface area contributed by atoms with Gasteiger partial charge in [-0.3, -0.25) is 0 Å². The zero-order valence-electron chi connectivity index (χ0n) is 23.3. The second kappa shape index (κ2) is 19.7. The standard InChI is InChI=1S/C30H39Br7O3/c1-4-5-6-7-8-9-10-11-38-17-23(33)19-40-29-26(36)14-21(15-27(29)37)30(2,3)20-12-24(34)28(25(35)13-20)39-18-22(32)16-31/h12-15,22-23H,4-11,16-19H2,1-3H3. The third-order valence-corrected chi connectivity index (χ3v) is 11.7. The van der Waals surface area contributed by atoms with Gasteiger partial charge in [0.25, 0.3) is 0 Å². The SMILES string of the molecule is CCCCCCCCCOCC(Br)COc1c(Br)cc(C(C)(C)c2cc(Br)c(OCC(Br)CBr)c(Br)c2)cc1Br. The third kappa shape index (κ3) is 12.4. The summed E-state index contributed by atoms with van der Waals surface area (Å²) in [4.78, 5) is 0.358. The predicted octanol–water partition coefficient (Wildman–Crippen LogP) is 12.5. The van der Waals surface area contributed by atoms with Gasteiger partial charge in [0.15, 0.2) is 0 Å². The molecule has 0 aromatic heterocycles. The van der Waals surface area contributed by atoms with E-state index in [-0.39, 0.29) is 15.1 Å². The quantitative estimate of drug-likeness (QED) is 0.104. The molecule has 0 radical (unpaired) electrons. The van der Waals surface area contributed by atoms with Crippen LogP contribution in [-0.4, -0.2) is 41.4 Å². The summed E-state index contributed by atoms with van der Waals surface area (Å²) in [7, 11) is 0. The first-order valence-electron chi connectivity index (χ1n) is 13.7. The molecule has 0 bridgehead atoms. The summed E-state index contributed by atoms with van der Waals surface area (Å²) in [5, 5.41) is 0.820. The molecule has 2 unspecified atom stereocenters. The Morgan fingerprint density at radius 1 is 0.650 bits per heavy atom. The lowest BCUT2D eigenvalue weighted by Gasteiger charge is -2.28. The Hall–Kier alpha value is 1.36. The first-order chi connectivity index (χ1) is 19.0. The average molecular weight is 1010 g/mol. The summed E-state index contributed by atoms with van der Waals surface area (Å²) in [6, 6.07) is 8.53. The van der Waals surface area contributed by atoms with Crippen LogP contribution < -0.4 is 9.47 Å². The van der Waals surface area contributed by atoms with Gasteiger partial charge < -0.3 is 14.2 Å². The van der Waals surface area contributed by atoms with Gasteiger partial charge in [0.2, 0.25) is 0 Å². The smallest absolute Gasteiger partial charge is 0.147 e. The number of rotatable bonds is 19. The highest BCUT2D eigenvalue weighted by atomic mass is 79.9. The molecular weight excluding hydrogens is 968 g/mol. The number of hydrogen-bond donors (Lipinski definition) is 0. The highest BCUT2D eigenvalue weighted by Gasteiger charge is 2.27. The number of hydrogen-bond acceptors (Lipinski definition) is 3. The molecule has 2 rings (SSSR count). The summed E-state index contributed by atoms with van der Waals surface area (Å²) in [5.74, 6) is 1.59. The fraction of sp³-hybridized carbons (Fsp3) is 0.600. The zero-order valence-corrected chi connectivity index (χ0v) is 34.4. The Balaban J connectivity index is 1.96. The monoisotopic (exact) mass is 1000 g/mol. The summed E-state index contributed by atoms with van der Waals surface area (Å²) in [6.07, 6.45) is 9.03. The molecular formula is C30H39Br7O3. The molecule has 2 aromatic rings. The van der Waals surface area contributed by atoms with E-state index in [4.69, 9.17) is 14.2 Å². The van der Waals surface area contributed by atoms with E-state index in [1.807, 2.05) is 0 Å². The van der Waals surface area contributed by atoms with Crippen molar-refractivity contribution in [1.29, 1.82) is 0 Å². The Labute approximate surface area is 299 Å². The topological polar surface area (TPSA) is 27.7 Å².